The van der Waals surface area contributed by atoms with Crippen LogP contribution in [0.15, 0.2) is 66.7 Å². The Kier molecular flexibility index (Phi) is 5.27. The number of ether oxygens (including phenoxy) is 1. The number of anilines is 2. The number of benzene rings is 3. The van der Waals surface area contributed by atoms with E-state index >= 15 is 0 Å². The van der Waals surface area contributed by atoms with Gasteiger partial charge in [-0.15, -0.1) is 0 Å². The van der Waals surface area contributed by atoms with Gasteiger partial charge in [-0.25, -0.2) is 0 Å². The first-order valence-corrected chi connectivity index (χ1v) is 10.3. The molecule has 0 aromatic heterocycles. The third-order valence-electron chi connectivity index (χ3n) is 5.99. The van der Waals surface area contributed by atoms with Crippen molar-refractivity contribution >= 4 is 23.2 Å². The molecule has 1 saturated heterocycles. The number of amides is 2. The highest BCUT2D eigenvalue weighted by molar-refractivity contribution is 6.17. The summed E-state index contributed by atoms with van der Waals surface area (Å²) in [5, 5.41) is 3.12. The summed E-state index contributed by atoms with van der Waals surface area (Å²) >= 11 is 0. The molecule has 0 radical (unpaired) electrons. The Bertz CT molecular complexity index is 1120. The summed E-state index contributed by atoms with van der Waals surface area (Å²) < 4.78 is 5.29. The number of nitrogens with one attached hydrogen (secondary N) is 1. The molecule has 0 saturated carbocycles. The quantitative estimate of drug-likeness (QED) is 0.605. The van der Waals surface area contributed by atoms with E-state index in [1.807, 2.05) is 87.5 Å². The molecule has 1 heterocycles. The Morgan fingerprint density at radius 2 is 1.55 bits per heavy atom. The van der Waals surface area contributed by atoms with Gasteiger partial charge in [-0.1, -0.05) is 48.0 Å². The lowest BCUT2D eigenvalue weighted by Crippen LogP contribution is -2.67. The second kappa shape index (κ2) is 7.91. The highest BCUT2D eigenvalue weighted by atomic mass is 16.5. The molecule has 0 spiro atoms. The van der Waals surface area contributed by atoms with Crippen molar-refractivity contribution in [1.82, 2.24) is 0 Å². The van der Waals surface area contributed by atoms with Crippen LogP contribution in [-0.2, 0) is 15.1 Å². The topological polar surface area (TPSA) is 58.6 Å². The van der Waals surface area contributed by atoms with Gasteiger partial charge in [-0.05, 0) is 61.7 Å². The predicted molar refractivity (Wildman–Crippen MR) is 122 cm³/mol. The molecule has 1 fully saturated rings. The van der Waals surface area contributed by atoms with Crippen LogP contribution in [-0.4, -0.2) is 18.9 Å². The third-order valence-corrected chi connectivity index (χ3v) is 5.99. The van der Waals surface area contributed by atoms with E-state index in [0.29, 0.717) is 11.4 Å². The minimum atomic E-state index is -1.13. The molecule has 4 rings (SSSR count). The molecule has 1 atom stereocenters. The van der Waals surface area contributed by atoms with Crippen LogP contribution in [0.1, 0.15) is 28.7 Å². The predicted octanol–water partition coefficient (Wildman–Crippen LogP) is 4.89. The highest BCUT2D eigenvalue weighted by Gasteiger charge is 2.58. The summed E-state index contributed by atoms with van der Waals surface area (Å²) in [5.74, 6) is 0.383. The van der Waals surface area contributed by atoms with Gasteiger partial charge < -0.3 is 10.1 Å². The van der Waals surface area contributed by atoms with Crippen LogP contribution < -0.4 is 15.0 Å². The van der Waals surface area contributed by atoms with E-state index in [2.05, 4.69) is 5.32 Å². The van der Waals surface area contributed by atoms with E-state index in [0.717, 1.165) is 27.9 Å². The average Bonchev–Trinajstić information content (AvgIpc) is 2.76. The number of hydrogen-bond donors (Lipinski definition) is 1. The minimum absolute atomic E-state index is 0.0867. The smallest absolute Gasteiger partial charge is 0.255 e. The maximum absolute atomic E-state index is 13.8. The number of β-lactam (4-membered cyclic amide) rings is 1. The van der Waals surface area contributed by atoms with Gasteiger partial charge in [0.05, 0.1) is 13.5 Å². The summed E-state index contributed by atoms with van der Waals surface area (Å²) in [6.07, 6.45) is 0.101. The number of rotatable bonds is 5. The molecule has 3 aromatic carbocycles. The zero-order chi connectivity index (χ0) is 22.2. The summed E-state index contributed by atoms with van der Waals surface area (Å²) in [5.41, 5.74) is 4.14. The lowest BCUT2D eigenvalue weighted by atomic mass is 9.75. The minimum Gasteiger partial charge on any atom is -0.497 e. The number of carbonyl (C=O) groups excluding carboxylic acids is 2. The number of carbonyl (C=O) groups is 2. The van der Waals surface area contributed by atoms with Crippen LogP contribution in [0.4, 0.5) is 11.4 Å². The van der Waals surface area contributed by atoms with Gasteiger partial charge in [0.25, 0.3) is 5.91 Å². The maximum atomic E-state index is 13.8. The largest absolute Gasteiger partial charge is 0.497 e. The van der Waals surface area contributed by atoms with Crippen molar-refractivity contribution in [1.29, 1.82) is 0 Å². The first kappa shape index (κ1) is 20.7. The molecule has 2 amide bonds. The van der Waals surface area contributed by atoms with Crippen molar-refractivity contribution in [3.8, 4) is 5.75 Å². The molecule has 31 heavy (non-hydrogen) atoms. The zero-order valence-corrected chi connectivity index (χ0v) is 18.2. The fourth-order valence-electron chi connectivity index (χ4n) is 4.20. The normalized spacial score (nSPS) is 17.8. The third kappa shape index (κ3) is 3.46. The second-order valence-electron chi connectivity index (χ2n) is 8.05. The Hall–Kier alpha value is -3.60. The van der Waals surface area contributed by atoms with E-state index < -0.39 is 5.54 Å². The van der Waals surface area contributed by atoms with Gasteiger partial charge in [-0.2, -0.15) is 0 Å². The standard InChI is InChI=1S/C26H26N2O3/c1-17-8-12-21(13-9-17)28-23(29)16-26(28,20-10-14-22(31-4)15-11-20)25(30)27-24-18(2)6-5-7-19(24)3/h5-15H,16H2,1-4H3,(H,27,30)/t26-/m1/s1. The van der Waals surface area contributed by atoms with Crippen LogP contribution in [0.2, 0.25) is 0 Å². The Balaban J connectivity index is 1.82. The van der Waals surface area contributed by atoms with E-state index in [-0.39, 0.29) is 18.2 Å². The van der Waals surface area contributed by atoms with Crippen molar-refractivity contribution in [3.63, 3.8) is 0 Å². The SMILES string of the molecule is COc1ccc([C@@]2(C(=O)Nc3c(C)cccc3C)CC(=O)N2c2ccc(C)cc2)cc1. The first-order chi connectivity index (χ1) is 14.9. The molecule has 5 nitrogen and oxygen atoms in total. The molecule has 5 heteroatoms. The lowest BCUT2D eigenvalue weighted by molar-refractivity contribution is -0.137. The van der Waals surface area contributed by atoms with E-state index in [9.17, 15) is 9.59 Å². The molecule has 1 N–H and O–H groups in total. The Labute approximate surface area is 182 Å². The summed E-state index contributed by atoms with van der Waals surface area (Å²) in [4.78, 5) is 28.3. The van der Waals surface area contributed by atoms with Crippen LogP contribution in [0.5, 0.6) is 5.75 Å². The van der Waals surface area contributed by atoms with E-state index in [1.54, 1.807) is 12.0 Å². The molecular weight excluding hydrogens is 388 g/mol. The number of aryl methyl sites for hydroxylation is 3. The zero-order valence-electron chi connectivity index (χ0n) is 18.2. The summed E-state index contributed by atoms with van der Waals surface area (Å²) in [6.45, 7) is 5.92. The number of nitrogens with zero attached hydrogens (tertiary/aromatic N) is 1. The van der Waals surface area contributed by atoms with Crippen molar-refractivity contribution in [2.45, 2.75) is 32.7 Å². The van der Waals surface area contributed by atoms with Crippen molar-refractivity contribution in [3.05, 3.63) is 89.0 Å². The Morgan fingerprint density at radius 1 is 0.935 bits per heavy atom. The fourth-order valence-corrected chi connectivity index (χ4v) is 4.20. The monoisotopic (exact) mass is 414 g/mol. The molecular formula is C26H26N2O3. The molecule has 158 valence electrons. The van der Waals surface area contributed by atoms with E-state index in [1.165, 1.54) is 0 Å². The first-order valence-electron chi connectivity index (χ1n) is 10.3. The fraction of sp³-hybridized carbons (Fsp3) is 0.231. The van der Waals surface area contributed by atoms with Gasteiger partial charge in [0, 0.05) is 11.4 Å². The molecule has 3 aromatic rings. The highest BCUT2D eigenvalue weighted by Crippen LogP contribution is 2.46. The van der Waals surface area contributed by atoms with Crippen molar-refractivity contribution < 1.29 is 14.3 Å². The number of para-hydroxylation sites is 1. The molecule has 0 bridgehead atoms. The van der Waals surface area contributed by atoms with Crippen molar-refractivity contribution in [2.75, 3.05) is 17.3 Å². The molecule has 0 unspecified atom stereocenters. The lowest BCUT2D eigenvalue weighted by Gasteiger charge is -2.50. The molecule has 1 aliphatic heterocycles. The van der Waals surface area contributed by atoms with Crippen LogP contribution in [0.3, 0.4) is 0 Å². The van der Waals surface area contributed by atoms with Gasteiger partial charge >= 0.3 is 0 Å². The van der Waals surface area contributed by atoms with Gasteiger partial charge in [-0.3, -0.25) is 14.5 Å². The second-order valence-corrected chi connectivity index (χ2v) is 8.05. The summed E-state index contributed by atoms with van der Waals surface area (Å²) in [7, 11) is 1.60. The van der Waals surface area contributed by atoms with Crippen LogP contribution in [0, 0.1) is 20.8 Å². The van der Waals surface area contributed by atoms with Gasteiger partial charge in [0.15, 0.2) is 5.54 Å². The molecule has 1 aliphatic rings. The van der Waals surface area contributed by atoms with E-state index in [4.69, 9.17) is 4.74 Å². The molecule has 0 aliphatic carbocycles. The average molecular weight is 415 g/mol. The Morgan fingerprint density at radius 3 is 2.10 bits per heavy atom. The van der Waals surface area contributed by atoms with Gasteiger partial charge in [0.1, 0.15) is 5.75 Å². The van der Waals surface area contributed by atoms with Crippen molar-refractivity contribution in [2.24, 2.45) is 0 Å². The van der Waals surface area contributed by atoms with Crippen LogP contribution in [0.25, 0.3) is 0 Å². The maximum Gasteiger partial charge on any atom is 0.255 e. The van der Waals surface area contributed by atoms with Gasteiger partial charge in [0.2, 0.25) is 5.91 Å². The number of hydrogen-bond acceptors (Lipinski definition) is 3. The van der Waals surface area contributed by atoms with Crippen LogP contribution >= 0.6 is 0 Å². The summed E-state index contributed by atoms with van der Waals surface area (Å²) in [6, 6.07) is 20.9. The number of methoxy groups -OCH3 is 1.